The van der Waals surface area contributed by atoms with Crippen LogP contribution < -0.4 is 14.8 Å². The Kier molecular flexibility index (Phi) is 7.52. The summed E-state index contributed by atoms with van der Waals surface area (Å²) >= 11 is 2.18. The maximum atomic E-state index is 11.7. The summed E-state index contributed by atoms with van der Waals surface area (Å²) in [5.74, 6) is 0.343. The van der Waals surface area contributed by atoms with Crippen molar-refractivity contribution in [2.45, 2.75) is 6.54 Å². The van der Waals surface area contributed by atoms with Crippen molar-refractivity contribution in [3.05, 3.63) is 57.7 Å². The first-order valence-corrected chi connectivity index (χ1v) is 8.58. The summed E-state index contributed by atoms with van der Waals surface area (Å²) in [5.41, 5.74) is 0.919. The average Bonchev–Trinajstić information content (AvgIpc) is 2.64. The Hall–Kier alpha value is -2.29. The molecule has 132 valence electrons. The lowest BCUT2D eigenvalue weighted by Crippen LogP contribution is -2.29. The van der Waals surface area contributed by atoms with Gasteiger partial charge in [-0.25, -0.2) is 4.79 Å². The highest BCUT2D eigenvalue weighted by molar-refractivity contribution is 14.1. The van der Waals surface area contributed by atoms with Crippen molar-refractivity contribution in [2.75, 3.05) is 20.3 Å². The molecular weight excluding hydrogens is 437 g/mol. The third kappa shape index (κ3) is 7.00. The van der Waals surface area contributed by atoms with E-state index in [0.29, 0.717) is 12.3 Å². The average molecular weight is 455 g/mol. The van der Waals surface area contributed by atoms with Crippen molar-refractivity contribution >= 4 is 34.5 Å². The fraction of sp³-hybridized carbons (Fsp3) is 0.222. The number of carbonyl (C=O) groups excluding carboxylic acids is 2. The van der Waals surface area contributed by atoms with E-state index in [4.69, 9.17) is 14.2 Å². The molecule has 0 unspecified atom stereocenters. The maximum absolute atomic E-state index is 11.7. The van der Waals surface area contributed by atoms with Gasteiger partial charge in [-0.2, -0.15) is 0 Å². The topological polar surface area (TPSA) is 73.9 Å². The monoisotopic (exact) mass is 455 g/mol. The molecule has 7 heteroatoms. The number of hydrogen-bond acceptors (Lipinski definition) is 5. The van der Waals surface area contributed by atoms with E-state index in [0.717, 1.165) is 14.9 Å². The first-order chi connectivity index (χ1) is 12.1. The van der Waals surface area contributed by atoms with E-state index in [2.05, 4.69) is 27.9 Å². The minimum absolute atomic E-state index is 0.244. The van der Waals surface area contributed by atoms with E-state index in [1.807, 2.05) is 36.4 Å². The molecule has 2 aromatic rings. The quantitative estimate of drug-likeness (QED) is 0.490. The van der Waals surface area contributed by atoms with Crippen LogP contribution in [-0.4, -0.2) is 32.2 Å². The van der Waals surface area contributed by atoms with Crippen molar-refractivity contribution in [3.63, 3.8) is 0 Å². The van der Waals surface area contributed by atoms with E-state index >= 15 is 0 Å². The minimum Gasteiger partial charge on any atom is -0.497 e. The minimum atomic E-state index is -0.599. The molecule has 1 amide bonds. The summed E-state index contributed by atoms with van der Waals surface area (Å²) in [6, 6.07) is 14.6. The number of methoxy groups -OCH3 is 1. The van der Waals surface area contributed by atoms with Crippen LogP contribution in [0.1, 0.15) is 5.56 Å². The number of carbonyl (C=O) groups is 2. The molecule has 0 atom stereocenters. The molecule has 0 heterocycles. The summed E-state index contributed by atoms with van der Waals surface area (Å²) in [4.78, 5) is 23.3. The smallest absolute Gasteiger partial charge is 0.344 e. The number of benzene rings is 2. The number of amides is 1. The second-order valence-corrected chi connectivity index (χ2v) is 6.27. The fourth-order valence-corrected chi connectivity index (χ4v) is 2.22. The summed E-state index contributed by atoms with van der Waals surface area (Å²) in [7, 11) is 1.59. The highest BCUT2D eigenvalue weighted by atomic mass is 127. The van der Waals surface area contributed by atoms with Gasteiger partial charge in [-0.1, -0.05) is 12.1 Å². The fourth-order valence-electron chi connectivity index (χ4n) is 1.86. The second-order valence-electron chi connectivity index (χ2n) is 5.03. The Morgan fingerprint density at radius 2 is 1.60 bits per heavy atom. The molecule has 0 aromatic heterocycles. The molecule has 0 saturated heterocycles. The van der Waals surface area contributed by atoms with Crippen molar-refractivity contribution < 1.29 is 23.8 Å². The zero-order valence-corrected chi connectivity index (χ0v) is 15.8. The van der Waals surface area contributed by atoms with Crippen LogP contribution in [0.5, 0.6) is 11.5 Å². The Morgan fingerprint density at radius 1 is 0.960 bits per heavy atom. The molecule has 25 heavy (non-hydrogen) atoms. The van der Waals surface area contributed by atoms with Crippen LogP contribution in [0.4, 0.5) is 0 Å². The number of esters is 1. The van der Waals surface area contributed by atoms with Crippen LogP contribution in [0.15, 0.2) is 48.5 Å². The molecule has 0 bridgehead atoms. The molecule has 0 fully saturated rings. The van der Waals surface area contributed by atoms with Crippen LogP contribution in [0.25, 0.3) is 0 Å². The summed E-state index contributed by atoms with van der Waals surface area (Å²) < 4.78 is 16.3. The maximum Gasteiger partial charge on any atom is 0.344 e. The SMILES string of the molecule is COc1ccc(CNC(=O)COC(=O)COc2ccc(I)cc2)cc1. The predicted molar refractivity (Wildman–Crippen MR) is 100 cm³/mol. The van der Waals surface area contributed by atoms with Gasteiger partial charge < -0.3 is 19.5 Å². The second kappa shape index (κ2) is 9.87. The zero-order valence-electron chi connectivity index (χ0n) is 13.7. The van der Waals surface area contributed by atoms with E-state index < -0.39 is 5.97 Å². The van der Waals surface area contributed by atoms with Gasteiger partial charge in [-0.15, -0.1) is 0 Å². The van der Waals surface area contributed by atoms with Gasteiger partial charge in [0.05, 0.1) is 7.11 Å². The van der Waals surface area contributed by atoms with Crippen molar-refractivity contribution in [1.29, 1.82) is 0 Å². The first kappa shape index (κ1) is 19.0. The highest BCUT2D eigenvalue weighted by Crippen LogP contribution is 2.13. The number of hydrogen-bond donors (Lipinski definition) is 1. The Labute approximate surface area is 159 Å². The van der Waals surface area contributed by atoms with E-state index in [-0.39, 0.29) is 19.1 Å². The molecule has 0 aliphatic carbocycles. The molecule has 0 spiro atoms. The molecule has 1 N–H and O–H groups in total. The molecule has 0 aliphatic rings. The molecule has 0 radical (unpaired) electrons. The van der Waals surface area contributed by atoms with Gasteiger partial charge in [-0.3, -0.25) is 4.79 Å². The molecule has 6 nitrogen and oxygen atoms in total. The van der Waals surface area contributed by atoms with Crippen molar-refractivity contribution in [3.8, 4) is 11.5 Å². The molecule has 2 rings (SSSR count). The molecule has 0 aliphatic heterocycles. The first-order valence-electron chi connectivity index (χ1n) is 7.50. The van der Waals surface area contributed by atoms with Gasteiger partial charge in [0.15, 0.2) is 13.2 Å². The standard InChI is InChI=1S/C18H18INO5/c1-23-15-6-2-13(3-7-15)10-20-17(21)11-25-18(22)12-24-16-8-4-14(19)5-9-16/h2-9H,10-12H2,1H3,(H,20,21). The van der Waals surface area contributed by atoms with Gasteiger partial charge in [0.1, 0.15) is 11.5 Å². The number of rotatable bonds is 8. The number of ether oxygens (including phenoxy) is 3. The van der Waals surface area contributed by atoms with Gasteiger partial charge in [0.25, 0.3) is 5.91 Å². The van der Waals surface area contributed by atoms with Gasteiger partial charge in [0.2, 0.25) is 0 Å². The van der Waals surface area contributed by atoms with Gasteiger partial charge >= 0.3 is 5.97 Å². The largest absolute Gasteiger partial charge is 0.497 e. The molecular formula is C18H18INO5. The lowest BCUT2D eigenvalue weighted by molar-refractivity contribution is -0.150. The van der Waals surface area contributed by atoms with E-state index in [1.165, 1.54) is 0 Å². The normalized spacial score (nSPS) is 10.0. The third-order valence-electron chi connectivity index (χ3n) is 3.18. The zero-order chi connectivity index (χ0) is 18.1. The van der Waals surface area contributed by atoms with Crippen LogP contribution in [0.2, 0.25) is 0 Å². The van der Waals surface area contributed by atoms with Crippen molar-refractivity contribution in [1.82, 2.24) is 5.32 Å². The summed E-state index contributed by atoms with van der Waals surface area (Å²) in [5, 5.41) is 2.67. The molecule has 2 aromatic carbocycles. The summed E-state index contributed by atoms with van der Waals surface area (Å²) in [6.45, 7) is -0.239. The van der Waals surface area contributed by atoms with Crippen LogP contribution in [0.3, 0.4) is 0 Å². The van der Waals surface area contributed by atoms with Gasteiger partial charge in [-0.05, 0) is 64.6 Å². The van der Waals surface area contributed by atoms with Crippen molar-refractivity contribution in [2.24, 2.45) is 0 Å². The predicted octanol–water partition coefficient (Wildman–Crippen LogP) is 2.54. The lowest BCUT2D eigenvalue weighted by atomic mass is 10.2. The number of halogens is 1. The van der Waals surface area contributed by atoms with Crippen LogP contribution in [-0.2, 0) is 20.9 Å². The molecule has 0 saturated carbocycles. The Balaban J connectivity index is 1.64. The lowest BCUT2D eigenvalue weighted by Gasteiger charge is -2.08. The number of nitrogens with one attached hydrogen (secondary N) is 1. The van der Waals surface area contributed by atoms with E-state index in [1.54, 1.807) is 19.2 Å². The van der Waals surface area contributed by atoms with Gasteiger partial charge in [0, 0.05) is 10.1 Å². The van der Waals surface area contributed by atoms with Crippen LogP contribution in [0, 0.1) is 3.57 Å². The highest BCUT2D eigenvalue weighted by Gasteiger charge is 2.08. The Bertz CT molecular complexity index is 700. The Morgan fingerprint density at radius 3 is 2.24 bits per heavy atom. The van der Waals surface area contributed by atoms with E-state index in [9.17, 15) is 9.59 Å². The van der Waals surface area contributed by atoms with Crippen LogP contribution >= 0.6 is 22.6 Å². The summed E-state index contributed by atoms with van der Waals surface area (Å²) in [6.07, 6.45) is 0. The third-order valence-corrected chi connectivity index (χ3v) is 3.90.